The van der Waals surface area contributed by atoms with Crippen LogP contribution in [0.5, 0.6) is 0 Å². The molecule has 0 amide bonds. The first-order valence-electron chi connectivity index (χ1n) is 4.88. The van der Waals surface area contributed by atoms with E-state index in [2.05, 4.69) is 16.4 Å². The van der Waals surface area contributed by atoms with Crippen molar-refractivity contribution >= 4 is 11.5 Å². The molecular weight excluding hydrogens is 192 g/mol. The number of nitrogens with zero attached hydrogens (tertiary/aromatic N) is 1. The van der Waals surface area contributed by atoms with Gasteiger partial charge in [-0.2, -0.15) is 0 Å². The van der Waals surface area contributed by atoms with Crippen LogP contribution in [0.25, 0.3) is 5.57 Å². The Morgan fingerprint density at radius 2 is 2.33 bits per heavy atom. The highest BCUT2D eigenvalue weighted by atomic mass is 16.4. The maximum Gasteiger partial charge on any atom is 0.354 e. The van der Waals surface area contributed by atoms with Crippen molar-refractivity contribution in [3.63, 3.8) is 0 Å². The number of nitrogens with one attached hydrogen (secondary N) is 1. The first-order chi connectivity index (χ1) is 7.27. The maximum absolute atomic E-state index is 10.7. The van der Waals surface area contributed by atoms with Crippen molar-refractivity contribution in [2.75, 3.05) is 13.1 Å². The van der Waals surface area contributed by atoms with Crippen molar-refractivity contribution in [3.8, 4) is 0 Å². The molecule has 2 N–H and O–H groups in total. The summed E-state index contributed by atoms with van der Waals surface area (Å²) < 4.78 is 0. The standard InChI is InChI=1S/C11H12N2O2/c14-11(15)10-3-1-2-9(13-10)8-4-6-12-7-5-8/h1-4,12H,5-7H2,(H,14,15). The van der Waals surface area contributed by atoms with Gasteiger partial charge in [-0.3, -0.25) is 0 Å². The average molecular weight is 204 g/mol. The molecule has 0 saturated heterocycles. The van der Waals surface area contributed by atoms with Crippen LogP contribution in [0.4, 0.5) is 0 Å². The van der Waals surface area contributed by atoms with E-state index in [1.54, 1.807) is 6.07 Å². The van der Waals surface area contributed by atoms with E-state index in [1.165, 1.54) is 6.07 Å². The van der Waals surface area contributed by atoms with Gasteiger partial charge < -0.3 is 10.4 Å². The number of pyridine rings is 1. The Hall–Kier alpha value is -1.68. The van der Waals surface area contributed by atoms with Crippen LogP contribution in [-0.2, 0) is 0 Å². The van der Waals surface area contributed by atoms with Gasteiger partial charge in [0.05, 0.1) is 5.69 Å². The van der Waals surface area contributed by atoms with E-state index >= 15 is 0 Å². The van der Waals surface area contributed by atoms with Gasteiger partial charge in [0.15, 0.2) is 0 Å². The van der Waals surface area contributed by atoms with Crippen LogP contribution in [0, 0.1) is 0 Å². The van der Waals surface area contributed by atoms with Crippen molar-refractivity contribution in [3.05, 3.63) is 35.7 Å². The Kier molecular flexibility index (Phi) is 2.78. The van der Waals surface area contributed by atoms with E-state index in [4.69, 9.17) is 5.11 Å². The van der Waals surface area contributed by atoms with Crippen molar-refractivity contribution in [1.82, 2.24) is 10.3 Å². The second-order valence-electron chi connectivity index (χ2n) is 3.40. The largest absolute Gasteiger partial charge is 0.477 e. The zero-order chi connectivity index (χ0) is 10.7. The van der Waals surface area contributed by atoms with Crippen molar-refractivity contribution in [2.45, 2.75) is 6.42 Å². The highest BCUT2D eigenvalue weighted by molar-refractivity contribution is 5.85. The normalized spacial score (nSPS) is 15.9. The van der Waals surface area contributed by atoms with Crippen LogP contribution in [0.1, 0.15) is 22.6 Å². The molecule has 0 atom stereocenters. The minimum absolute atomic E-state index is 0.104. The molecule has 1 aromatic rings. The number of hydrogen-bond donors (Lipinski definition) is 2. The van der Waals surface area contributed by atoms with Crippen LogP contribution >= 0.6 is 0 Å². The number of carboxylic acid groups (broad SMARTS) is 1. The zero-order valence-electron chi connectivity index (χ0n) is 8.23. The van der Waals surface area contributed by atoms with E-state index < -0.39 is 5.97 Å². The predicted octanol–water partition coefficient (Wildman–Crippen LogP) is 1.16. The highest BCUT2D eigenvalue weighted by Gasteiger charge is 2.10. The van der Waals surface area contributed by atoms with Gasteiger partial charge >= 0.3 is 5.97 Å². The number of aromatic carboxylic acids is 1. The first kappa shape index (κ1) is 9.86. The summed E-state index contributed by atoms with van der Waals surface area (Å²) in [5, 5.41) is 12.0. The van der Waals surface area contributed by atoms with Crippen molar-refractivity contribution in [1.29, 1.82) is 0 Å². The predicted molar refractivity (Wildman–Crippen MR) is 56.7 cm³/mol. The molecule has 78 valence electrons. The quantitative estimate of drug-likeness (QED) is 0.758. The Morgan fingerprint density at radius 3 is 3.00 bits per heavy atom. The Balaban J connectivity index is 2.31. The lowest BCUT2D eigenvalue weighted by atomic mass is 10.1. The van der Waals surface area contributed by atoms with Gasteiger partial charge in [0.1, 0.15) is 5.69 Å². The highest BCUT2D eigenvalue weighted by Crippen LogP contribution is 2.17. The lowest BCUT2D eigenvalue weighted by Crippen LogP contribution is -2.20. The molecule has 1 aliphatic rings. The Morgan fingerprint density at radius 1 is 1.47 bits per heavy atom. The van der Waals surface area contributed by atoms with E-state index in [1.807, 2.05) is 6.07 Å². The minimum Gasteiger partial charge on any atom is -0.477 e. The molecular formula is C11H12N2O2. The fraction of sp³-hybridized carbons (Fsp3) is 0.273. The van der Waals surface area contributed by atoms with Crippen LogP contribution in [0.2, 0.25) is 0 Å². The molecule has 2 rings (SSSR count). The third-order valence-electron chi connectivity index (χ3n) is 2.36. The van der Waals surface area contributed by atoms with Gasteiger partial charge in [-0.25, -0.2) is 9.78 Å². The van der Waals surface area contributed by atoms with E-state index in [9.17, 15) is 4.79 Å². The summed E-state index contributed by atoms with van der Waals surface area (Å²) in [6.45, 7) is 1.75. The SMILES string of the molecule is O=C(O)c1cccc(C2=CCNCC2)n1. The molecule has 15 heavy (non-hydrogen) atoms. The van der Waals surface area contributed by atoms with Gasteiger partial charge in [0, 0.05) is 6.54 Å². The number of hydrogen-bond acceptors (Lipinski definition) is 3. The summed E-state index contributed by atoms with van der Waals surface area (Å²) in [5.41, 5.74) is 2.00. The number of aromatic nitrogens is 1. The van der Waals surface area contributed by atoms with Crippen LogP contribution in [0.3, 0.4) is 0 Å². The lowest BCUT2D eigenvalue weighted by Gasteiger charge is -2.13. The van der Waals surface area contributed by atoms with Gasteiger partial charge in [-0.15, -0.1) is 0 Å². The molecule has 0 saturated carbocycles. The van der Waals surface area contributed by atoms with Crippen molar-refractivity contribution < 1.29 is 9.90 Å². The molecule has 4 nitrogen and oxygen atoms in total. The molecule has 1 aliphatic heterocycles. The summed E-state index contributed by atoms with van der Waals surface area (Å²) in [5.74, 6) is -0.980. The second-order valence-corrected chi connectivity index (χ2v) is 3.40. The molecule has 0 aliphatic carbocycles. The van der Waals surface area contributed by atoms with Crippen LogP contribution in [-0.4, -0.2) is 29.1 Å². The molecule has 0 bridgehead atoms. The van der Waals surface area contributed by atoms with Gasteiger partial charge in [-0.05, 0) is 30.7 Å². The van der Waals surface area contributed by atoms with Gasteiger partial charge in [-0.1, -0.05) is 12.1 Å². The second kappa shape index (κ2) is 4.23. The average Bonchev–Trinajstić information content (AvgIpc) is 2.30. The maximum atomic E-state index is 10.7. The topological polar surface area (TPSA) is 62.2 Å². The van der Waals surface area contributed by atoms with Crippen molar-refractivity contribution in [2.24, 2.45) is 0 Å². The minimum atomic E-state index is -0.980. The zero-order valence-corrected chi connectivity index (χ0v) is 8.23. The number of carbonyl (C=O) groups is 1. The summed E-state index contributed by atoms with van der Waals surface area (Å²) in [6, 6.07) is 5.09. The summed E-state index contributed by atoms with van der Waals surface area (Å²) in [7, 11) is 0. The summed E-state index contributed by atoms with van der Waals surface area (Å²) >= 11 is 0. The van der Waals surface area contributed by atoms with E-state index in [0.29, 0.717) is 0 Å². The fourth-order valence-electron chi connectivity index (χ4n) is 1.59. The van der Waals surface area contributed by atoms with E-state index in [0.717, 1.165) is 30.8 Å². The molecule has 0 aromatic carbocycles. The molecule has 0 radical (unpaired) electrons. The summed E-state index contributed by atoms with van der Waals surface area (Å²) in [4.78, 5) is 14.8. The third kappa shape index (κ3) is 2.22. The third-order valence-corrected chi connectivity index (χ3v) is 2.36. The lowest BCUT2D eigenvalue weighted by molar-refractivity contribution is 0.0690. The molecule has 2 heterocycles. The molecule has 0 fully saturated rings. The molecule has 0 spiro atoms. The Labute approximate surface area is 87.7 Å². The number of rotatable bonds is 2. The smallest absolute Gasteiger partial charge is 0.354 e. The first-order valence-corrected chi connectivity index (χ1v) is 4.88. The molecule has 4 heteroatoms. The number of carboxylic acids is 1. The van der Waals surface area contributed by atoms with Gasteiger partial charge in [0.25, 0.3) is 0 Å². The van der Waals surface area contributed by atoms with E-state index in [-0.39, 0.29) is 5.69 Å². The van der Waals surface area contributed by atoms with Crippen LogP contribution in [0.15, 0.2) is 24.3 Å². The molecule has 1 aromatic heterocycles. The molecule has 0 unspecified atom stereocenters. The Bertz CT molecular complexity index is 413. The fourth-order valence-corrected chi connectivity index (χ4v) is 1.59. The van der Waals surface area contributed by atoms with Crippen LogP contribution < -0.4 is 5.32 Å². The monoisotopic (exact) mass is 204 g/mol. The summed E-state index contributed by atoms with van der Waals surface area (Å²) in [6.07, 6.45) is 2.95. The van der Waals surface area contributed by atoms with Gasteiger partial charge in [0.2, 0.25) is 0 Å².